The smallest absolute Gasteiger partial charge is 0.462 e. The second-order valence-corrected chi connectivity index (χ2v) is 26.7. The van der Waals surface area contributed by atoms with Crippen molar-refractivity contribution < 1.29 is 42.1 Å². The lowest BCUT2D eigenvalue weighted by atomic mass is 10.0. The van der Waals surface area contributed by atoms with E-state index < -0.39 is 26.5 Å². The van der Waals surface area contributed by atoms with Crippen LogP contribution in [-0.2, 0) is 32.7 Å². The van der Waals surface area contributed by atoms with Crippen LogP contribution in [-0.4, -0.2) is 74.9 Å². The largest absolute Gasteiger partial charge is 0.472 e. The van der Waals surface area contributed by atoms with E-state index in [-0.39, 0.29) is 32.0 Å². The standard InChI is InChI=1S/C80H136NO8P/c1-6-8-10-12-14-16-18-20-22-24-26-28-30-32-34-36-38-40-42-44-46-48-50-52-54-56-58-60-62-64-66-68-70-72-79(82)86-76-78(77-88-90(84,85)87-75-74-81(3,4)5)89-80(83)73-71-69-67-65-63-61-59-57-55-53-51-49-47-45-43-41-39-37-35-33-31-29-27-25-23-21-19-17-15-13-11-9-7-2/h8-11,14-17,20-23,26-29,32-35,38-41,78H,6-7,12-13,18-19,24-25,30-31,36-37,42-77H2,1-5H3/p+1/b10-8-,11-9-,16-14-,17-15-,22-20-,23-21-,28-26-,29-27-,34-32-,35-33-,40-38-,41-39-. The van der Waals surface area contributed by atoms with E-state index in [4.69, 9.17) is 18.5 Å². The minimum Gasteiger partial charge on any atom is -0.462 e. The molecule has 0 saturated carbocycles. The van der Waals surface area contributed by atoms with Gasteiger partial charge in [-0.1, -0.05) is 314 Å². The molecule has 0 aliphatic rings. The molecular formula is C80H137NO8P+. The molecule has 0 heterocycles. The van der Waals surface area contributed by atoms with E-state index in [1.165, 1.54) is 148 Å². The van der Waals surface area contributed by atoms with Gasteiger partial charge < -0.3 is 18.9 Å². The lowest BCUT2D eigenvalue weighted by Crippen LogP contribution is -2.37. The number of carbonyl (C=O) groups excluding carboxylic acids is 2. The first-order chi connectivity index (χ1) is 44.0. The first kappa shape index (κ1) is 85.9. The number of allylic oxidation sites excluding steroid dienone is 24. The van der Waals surface area contributed by atoms with Crippen LogP contribution >= 0.6 is 7.82 Å². The van der Waals surface area contributed by atoms with Crippen LogP contribution in [0.3, 0.4) is 0 Å². The van der Waals surface area contributed by atoms with Crippen molar-refractivity contribution in [3.8, 4) is 0 Å². The Morgan fingerprint density at radius 2 is 0.600 bits per heavy atom. The van der Waals surface area contributed by atoms with Crippen molar-refractivity contribution in [2.45, 2.75) is 302 Å². The third-order valence-corrected chi connectivity index (χ3v) is 16.3. The van der Waals surface area contributed by atoms with E-state index in [1.807, 2.05) is 21.1 Å². The zero-order valence-corrected chi connectivity index (χ0v) is 59.5. The minimum atomic E-state index is -4.40. The highest BCUT2D eigenvalue weighted by molar-refractivity contribution is 7.47. The Bertz CT molecular complexity index is 2030. The molecule has 0 bridgehead atoms. The highest BCUT2D eigenvalue weighted by atomic mass is 31.2. The van der Waals surface area contributed by atoms with Crippen molar-refractivity contribution in [1.29, 1.82) is 0 Å². The molecule has 2 atom stereocenters. The summed E-state index contributed by atoms with van der Waals surface area (Å²) in [5, 5.41) is 0. The monoisotopic (exact) mass is 1270 g/mol. The van der Waals surface area contributed by atoms with E-state index in [0.29, 0.717) is 17.4 Å². The second kappa shape index (κ2) is 69.2. The number of esters is 2. The first-order valence-electron chi connectivity index (χ1n) is 36.6. The summed E-state index contributed by atoms with van der Waals surface area (Å²) in [5.74, 6) is -0.797. The lowest BCUT2D eigenvalue weighted by Gasteiger charge is -2.24. The Kier molecular flexibility index (Phi) is 66.1. The summed E-state index contributed by atoms with van der Waals surface area (Å²) in [6, 6.07) is 0. The Balaban J connectivity index is 4.05. The molecule has 0 aromatic carbocycles. The van der Waals surface area contributed by atoms with Crippen molar-refractivity contribution in [2.75, 3.05) is 47.5 Å². The Labute approximate surface area is 554 Å². The maximum Gasteiger partial charge on any atom is 0.472 e. The molecule has 0 fully saturated rings. The number of carbonyl (C=O) groups is 2. The van der Waals surface area contributed by atoms with Gasteiger partial charge in [-0.3, -0.25) is 18.6 Å². The Morgan fingerprint density at radius 1 is 0.344 bits per heavy atom. The number of phosphoric ester groups is 1. The molecule has 0 radical (unpaired) electrons. The van der Waals surface area contributed by atoms with E-state index in [1.54, 1.807) is 0 Å². The fourth-order valence-corrected chi connectivity index (χ4v) is 10.6. The highest BCUT2D eigenvalue weighted by Gasteiger charge is 2.27. The van der Waals surface area contributed by atoms with Gasteiger partial charge in [-0.15, -0.1) is 0 Å². The minimum absolute atomic E-state index is 0.0264. The number of rotatable bonds is 66. The molecule has 0 aliphatic heterocycles. The molecule has 0 spiro atoms. The molecule has 1 N–H and O–H groups in total. The third kappa shape index (κ3) is 72.9. The van der Waals surface area contributed by atoms with Gasteiger partial charge in [0.25, 0.3) is 0 Å². The van der Waals surface area contributed by atoms with Gasteiger partial charge in [-0.2, -0.15) is 0 Å². The van der Waals surface area contributed by atoms with Crippen molar-refractivity contribution in [3.63, 3.8) is 0 Å². The van der Waals surface area contributed by atoms with E-state index in [2.05, 4.69) is 160 Å². The van der Waals surface area contributed by atoms with Gasteiger partial charge in [0.05, 0.1) is 27.7 Å². The molecule has 90 heavy (non-hydrogen) atoms. The summed E-state index contributed by atoms with van der Waals surface area (Å²) in [6.07, 6.45) is 102. The SMILES string of the molecule is CC/C=C\C/C=C\C/C=C\C/C=C\C/C=C\C/C=C\CCCCCCCCCCCCCCCCC(=O)OCC(COP(=O)(O)OCC[N+](C)(C)C)OC(=O)CCCCCCCCCCCCCCCC/C=C\C/C=C\C/C=C\C/C=C\C/C=C\C/C=C\CC. The number of hydrogen-bond acceptors (Lipinski definition) is 7. The molecule has 0 rings (SSSR count). The van der Waals surface area contributed by atoms with Gasteiger partial charge in [0, 0.05) is 12.8 Å². The van der Waals surface area contributed by atoms with Gasteiger partial charge in [-0.05, 0) is 116 Å². The zero-order valence-electron chi connectivity index (χ0n) is 58.6. The molecular weight excluding hydrogens is 1130 g/mol. The number of ether oxygens (including phenoxy) is 2. The fourth-order valence-electron chi connectivity index (χ4n) is 9.85. The van der Waals surface area contributed by atoms with Crippen LogP contribution < -0.4 is 0 Å². The summed E-state index contributed by atoms with van der Waals surface area (Å²) in [4.78, 5) is 35.9. The molecule has 0 aromatic rings. The Morgan fingerprint density at radius 3 is 0.889 bits per heavy atom. The molecule has 2 unspecified atom stereocenters. The van der Waals surface area contributed by atoms with Crippen LogP contribution in [0.4, 0.5) is 0 Å². The molecule has 0 aromatic heterocycles. The van der Waals surface area contributed by atoms with Gasteiger partial charge in [-0.25, -0.2) is 4.57 Å². The van der Waals surface area contributed by atoms with Crippen molar-refractivity contribution >= 4 is 19.8 Å². The highest BCUT2D eigenvalue weighted by Crippen LogP contribution is 2.43. The summed E-state index contributed by atoms with van der Waals surface area (Å²) in [5.41, 5.74) is 0. The Hall–Kier alpha value is -4.11. The van der Waals surface area contributed by atoms with Crippen molar-refractivity contribution in [1.82, 2.24) is 0 Å². The number of phosphoric acid groups is 1. The molecule has 514 valence electrons. The molecule has 0 saturated heterocycles. The van der Waals surface area contributed by atoms with Crippen molar-refractivity contribution in [3.05, 3.63) is 146 Å². The predicted octanol–water partition coefficient (Wildman–Crippen LogP) is 24.2. The number of hydrogen-bond donors (Lipinski definition) is 1. The van der Waals surface area contributed by atoms with Crippen LogP contribution in [0, 0.1) is 0 Å². The number of likely N-dealkylation sites (N-methyl/N-ethyl adjacent to an activating group) is 1. The average molecular weight is 1270 g/mol. The third-order valence-electron chi connectivity index (χ3n) is 15.4. The van der Waals surface area contributed by atoms with Gasteiger partial charge in [0.2, 0.25) is 0 Å². The van der Waals surface area contributed by atoms with Crippen LogP contribution in [0.1, 0.15) is 296 Å². The normalized spacial score (nSPS) is 14.0. The van der Waals surface area contributed by atoms with Crippen LogP contribution in [0.25, 0.3) is 0 Å². The summed E-state index contributed by atoms with van der Waals surface area (Å²) in [6.45, 7) is 4.22. The first-order valence-corrected chi connectivity index (χ1v) is 38.1. The van der Waals surface area contributed by atoms with Crippen LogP contribution in [0.2, 0.25) is 0 Å². The number of quaternary nitrogens is 1. The van der Waals surface area contributed by atoms with E-state index in [9.17, 15) is 19.0 Å². The molecule has 0 amide bonds. The topological polar surface area (TPSA) is 108 Å². The second-order valence-electron chi connectivity index (χ2n) is 25.2. The number of nitrogens with zero attached hydrogens (tertiary/aromatic N) is 1. The maximum absolute atomic E-state index is 12.9. The predicted molar refractivity (Wildman–Crippen MR) is 390 cm³/mol. The lowest BCUT2D eigenvalue weighted by molar-refractivity contribution is -0.870. The number of unbranched alkanes of at least 4 members (excludes halogenated alkanes) is 28. The molecule has 9 nitrogen and oxygen atoms in total. The van der Waals surface area contributed by atoms with Crippen LogP contribution in [0.5, 0.6) is 0 Å². The van der Waals surface area contributed by atoms with Crippen molar-refractivity contribution in [2.24, 2.45) is 0 Å². The van der Waals surface area contributed by atoms with Gasteiger partial charge in [0.1, 0.15) is 19.8 Å². The van der Waals surface area contributed by atoms with E-state index >= 15 is 0 Å². The summed E-state index contributed by atoms with van der Waals surface area (Å²) >= 11 is 0. The van der Waals surface area contributed by atoms with Gasteiger partial charge >= 0.3 is 19.8 Å². The van der Waals surface area contributed by atoms with Crippen LogP contribution in [0.15, 0.2) is 146 Å². The quantitative estimate of drug-likeness (QED) is 0.0211. The molecule has 0 aliphatic carbocycles. The summed E-state index contributed by atoms with van der Waals surface area (Å²) < 4.78 is 34.8. The summed E-state index contributed by atoms with van der Waals surface area (Å²) in [7, 11) is 1.47. The average Bonchev–Trinajstić information content (AvgIpc) is 3.56. The van der Waals surface area contributed by atoms with Gasteiger partial charge in [0.15, 0.2) is 6.10 Å². The van der Waals surface area contributed by atoms with E-state index in [0.717, 1.165) is 116 Å². The maximum atomic E-state index is 12.9. The molecule has 10 heteroatoms. The zero-order chi connectivity index (χ0) is 65.5. The fraction of sp³-hybridized carbons (Fsp3) is 0.675.